The van der Waals surface area contributed by atoms with E-state index in [1.807, 2.05) is 0 Å². The second-order valence-corrected chi connectivity index (χ2v) is 3.26. The van der Waals surface area contributed by atoms with E-state index in [-0.39, 0.29) is 17.3 Å². The van der Waals surface area contributed by atoms with E-state index >= 15 is 0 Å². The number of hydrogen-bond acceptors (Lipinski definition) is 3. The van der Waals surface area contributed by atoms with Gasteiger partial charge in [-0.3, -0.25) is 9.69 Å². The van der Waals surface area contributed by atoms with Gasteiger partial charge in [0.2, 0.25) is 5.91 Å². The third-order valence-corrected chi connectivity index (χ3v) is 2.32. The standard InChI is InChI=1S/C10H8FN3O/c11-9-7(6-12)3-4-13-10(9)14-5-1-2-8(14)15/h3-4H,1-2,5H2. The number of amides is 1. The Labute approximate surface area is 85.9 Å². The van der Waals surface area contributed by atoms with Crippen molar-refractivity contribution in [3.05, 3.63) is 23.6 Å². The van der Waals surface area contributed by atoms with Gasteiger partial charge in [0.25, 0.3) is 0 Å². The molecule has 1 fully saturated rings. The molecule has 0 radical (unpaired) electrons. The first-order valence-corrected chi connectivity index (χ1v) is 4.59. The molecule has 0 unspecified atom stereocenters. The van der Waals surface area contributed by atoms with Gasteiger partial charge in [-0.05, 0) is 12.5 Å². The summed E-state index contributed by atoms with van der Waals surface area (Å²) < 4.78 is 13.6. The quantitative estimate of drug-likeness (QED) is 0.692. The van der Waals surface area contributed by atoms with E-state index < -0.39 is 5.82 Å². The predicted molar refractivity (Wildman–Crippen MR) is 50.5 cm³/mol. The van der Waals surface area contributed by atoms with E-state index in [1.54, 1.807) is 6.07 Å². The van der Waals surface area contributed by atoms with Gasteiger partial charge in [0.05, 0.1) is 5.56 Å². The molecule has 0 atom stereocenters. The number of hydrogen-bond donors (Lipinski definition) is 0. The van der Waals surface area contributed by atoms with E-state index in [0.29, 0.717) is 19.4 Å². The molecule has 0 aromatic carbocycles. The maximum Gasteiger partial charge on any atom is 0.228 e. The van der Waals surface area contributed by atoms with E-state index in [2.05, 4.69) is 4.98 Å². The minimum absolute atomic E-state index is 0.0310. The summed E-state index contributed by atoms with van der Waals surface area (Å²) in [6, 6.07) is 3.01. The smallest absolute Gasteiger partial charge is 0.228 e. The Morgan fingerprint density at radius 3 is 3.00 bits per heavy atom. The van der Waals surface area contributed by atoms with Crippen LogP contribution in [0.4, 0.5) is 10.2 Å². The molecular weight excluding hydrogens is 197 g/mol. The van der Waals surface area contributed by atoms with Crippen LogP contribution in [0.1, 0.15) is 18.4 Å². The lowest BCUT2D eigenvalue weighted by Crippen LogP contribution is -2.26. The Morgan fingerprint density at radius 2 is 2.40 bits per heavy atom. The number of aromatic nitrogens is 1. The molecular formula is C10H8FN3O. The van der Waals surface area contributed by atoms with Crippen LogP contribution >= 0.6 is 0 Å². The van der Waals surface area contributed by atoms with Gasteiger partial charge in [0.15, 0.2) is 11.6 Å². The lowest BCUT2D eigenvalue weighted by Gasteiger charge is -2.14. The fraction of sp³-hybridized carbons (Fsp3) is 0.300. The summed E-state index contributed by atoms with van der Waals surface area (Å²) in [5.74, 6) is -0.886. The Kier molecular flexibility index (Phi) is 2.34. The van der Waals surface area contributed by atoms with Crippen molar-refractivity contribution in [2.45, 2.75) is 12.8 Å². The molecule has 15 heavy (non-hydrogen) atoms. The van der Waals surface area contributed by atoms with Gasteiger partial charge < -0.3 is 0 Å². The van der Waals surface area contributed by atoms with E-state index in [4.69, 9.17) is 5.26 Å². The molecule has 1 saturated heterocycles. The topological polar surface area (TPSA) is 57.0 Å². The number of carbonyl (C=O) groups is 1. The fourth-order valence-corrected chi connectivity index (χ4v) is 1.58. The third kappa shape index (κ3) is 1.54. The highest BCUT2D eigenvalue weighted by atomic mass is 19.1. The average Bonchev–Trinajstić information content (AvgIpc) is 2.65. The molecule has 4 nitrogen and oxygen atoms in total. The zero-order valence-corrected chi connectivity index (χ0v) is 7.90. The summed E-state index contributed by atoms with van der Waals surface area (Å²) in [4.78, 5) is 16.4. The zero-order valence-electron chi connectivity index (χ0n) is 7.90. The van der Waals surface area contributed by atoms with Crippen molar-refractivity contribution in [3.8, 4) is 6.07 Å². The number of pyridine rings is 1. The van der Waals surface area contributed by atoms with Crippen LogP contribution in [-0.4, -0.2) is 17.4 Å². The van der Waals surface area contributed by atoms with Gasteiger partial charge in [-0.1, -0.05) is 0 Å². The maximum atomic E-state index is 13.6. The van der Waals surface area contributed by atoms with Crippen molar-refractivity contribution >= 4 is 11.7 Å². The monoisotopic (exact) mass is 205 g/mol. The second-order valence-electron chi connectivity index (χ2n) is 3.26. The SMILES string of the molecule is N#Cc1ccnc(N2CCCC2=O)c1F. The molecule has 0 aliphatic carbocycles. The number of nitriles is 1. The summed E-state index contributed by atoms with van der Waals surface area (Å²) in [5.41, 5.74) is -0.0836. The number of nitrogens with zero attached hydrogens (tertiary/aromatic N) is 3. The van der Waals surface area contributed by atoms with Crippen LogP contribution in [0.15, 0.2) is 12.3 Å². The second kappa shape index (κ2) is 3.65. The van der Waals surface area contributed by atoms with E-state index in [1.165, 1.54) is 17.2 Å². The molecule has 0 saturated carbocycles. The van der Waals surface area contributed by atoms with Crippen LogP contribution in [0.25, 0.3) is 0 Å². The van der Waals surface area contributed by atoms with Gasteiger partial charge in [-0.2, -0.15) is 5.26 Å². The normalized spacial score (nSPS) is 15.5. The molecule has 1 aliphatic heterocycles. The summed E-state index contributed by atoms with van der Waals surface area (Å²) in [5, 5.41) is 8.63. The molecule has 76 valence electrons. The van der Waals surface area contributed by atoms with Gasteiger partial charge in [0, 0.05) is 19.2 Å². The Balaban J connectivity index is 2.45. The highest BCUT2D eigenvalue weighted by Gasteiger charge is 2.26. The predicted octanol–water partition coefficient (Wildman–Crippen LogP) is 1.22. The Morgan fingerprint density at radius 1 is 1.60 bits per heavy atom. The summed E-state index contributed by atoms with van der Waals surface area (Å²) in [6.45, 7) is 0.470. The summed E-state index contributed by atoms with van der Waals surface area (Å²) in [6.07, 6.45) is 2.46. The van der Waals surface area contributed by atoms with Crippen molar-refractivity contribution < 1.29 is 9.18 Å². The van der Waals surface area contributed by atoms with Crippen LogP contribution in [0, 0.1) is 17.1 Å². The molecule has 1 aromatic rings. The lowest BCUT2D eigenvalue weighted by molar-refractivity contribution is -0.117. The first-order valence-electron chi connectivity index (χ1n) is 4.59. The number of anilines is 1. The minimum Gasteiger partial charge on any atom is -0.294 e. The largest absolute Gasteiger partial charge is 0.294 e. The minimum atomic E-state index is -0.713. The molecule has 1 aliphatic rings. The third-order valence-electron chi connectivity index (χ3n) is 2.32. The van der Waals surface area contributed by atoms with E-state index in [9.17, 15) is 9.18 Å². The van der Waals surface area contributed by atoms with Gasteiger partial charge in [-0.25, -0.2) is 9.37 Å². The first kappa shape index (κ1) is 9.59. The van der Waals surface area contributed by atoms with Crippen molar-refractivity contribution in [1.29, 1.82) is 5.26 Å². The Hall–Kier alpha value is -1.96. The molecule has 0 bridgehead atoms. The van der Waals surface area contributed by atoms with Crippen LogP contribution in [0.2, 0.25) is 0 Å². The van der Waals surface area contributed by atoms with Gasteiger partial charge in [0.1, 0.15) is 6.07 Å². The molecule has 1 aromatic heterocycles. The highest BCUT2D eigenvalue weighted by molar-refractivity contribution is 5.94. The molecule has 0 spiro atoms. The zero-order chi connectivity index (χ0) is 10.8. The van der Waals surface area contributed by atoms with Crippen LogP contribution in [-0.2, 0) is 4.79 Å². The number of rotatable bonds is 1. The highest BCUT2D eigenvalue weighted by Crippen LogP contribution is 2.23. The first-order chi connectivity index (χ1) is 7.24. The maximum absolute atomic E-state index is 13.6. The van der Waals surface area contributed by atoms with Crippen molar-refractivity contribution in [2.24, 2.45) is 0 Å². The van der Waals surface area contributed by atoms with Crippen LogP contribution in [0.3, 0.4) is 0 Å². The lowest BCUT2D eigenvalue weighted by atomic mass is 10.2. The van der Waals surface area contributed by atoms with Crippen LogP contribution < -0.4 is 4.90 Å². The Bertz CT molecular complexity index is 452. The summed E-state index contributed by atoms with van der Waals surface area (Å²) in [7, 11) is 0. The van der Waals surface area contributed by atoms with Crippen molar-refractivity contribution in [3.63, 3.8) is 0 Å². The average molecular weight is 205 g/mol. The van der Waals surface area contributed by atoms with Gasteiger partial charge in [-0.15, -0.1) is 0 Å². The van der Waals surface area contributed by atoms with Crippen molar-refractivity contribution in [2.75, 3.05) is 11.4 Å². The van der Waals surface area contributed by atoms with Gasteiger partial charge >= 0.3 is 0 Å². The molecule has 1 amide bonds. The fourth-order valence-electron chi connectivity index (χ4n) is 1.58. The molecule has 5 heteroatoms. The number of carbonyl (C=O) groups excluding carboxylic acids is 1. The molecule has 2 heterocycles. The number of halogens is 1. The van der Waals surface area contributed by atoms with Crippen molar-refractivity contribution in [1.82, 2.24) is 4.98 Å². The van der Waals surface area contributed by atoms with Crippen LogP contribution in [0.5, 0.6) is 0 Å². The summed E-state index contributed by atoms with van der Waals surface area (Å²) >= 11 is 0. The van der Waals surface area contributed by atoms with E-state index in [0.717, 1.165) is 0 Å². The molecule has 0 N–H and O–H groups in total. The molecule has 2 rings (SSSR count).